The smallest absolute Gasteiger partial charge is 0.456 e. The number of allylic oxidation sites excluding steroid dienone is 11. The third-order valence-corrected chi connectivity index (χ3v) is 15.4. The van der Waals surface area contributed by atoms with Gasteiger partial charge in [0.15, 0.2) is 0 Å². The highest BCUT2D eigenvalue weighted by atomic mass is 31.2. The lowest BCUT2D eigenvalue weighted by Crippen LogP contribution is -2.47. The van der Waals surface area contributed by atoms with Crippen LogP contribution in [0.2, 0.25) is 0 Å². The van der Waals surface area contributed by atoms with E-state index in [4.69, 9.17) is 13.8 Å². The quantitative estimate of drug-likeness (QED) is 0.0156. The van der Waals surface area contributed by atoms with Crippen molar-refractivity contribution in [2.45, 2.75) is 309 Å². The maximum Gasteiger partial charge on any atom is 0.472 e. The highest BCUT2D eigenvalue weighted by Crippen LogP contribution is 2.43. The SMILES string of the molecule is CCCCC/C=C\C/C=C\C/C=C\CCCCCCCCCCCCCCC(=O)OC(/C=C\CCCCCCCCCCC)C(COP(=O)(O)OCC[N+](C)(C)C)NC(=O)CCCCC/C=C/C=C/CCCCCCCCC. The number of amides is 1. The fraction of sp³-hybridized carbons (Fsp3) is 0.794. The minimum absolute atomic E-state index is 0.0333. The molecule has 0 aromatic carbocycles. The third-order valence-electron chi connectivity index (χ3n) is 14.4. The van der Waals surface area contributed by atoms with Gasteiger partial charge in [-0.15, -0.1) is 0 Å². The normalized spacial score (nSPS) is 14.1. The van der Waals surface area contributed by atoms with E-state index < -0.39 is 20.0 Å². The molecule has 0 rings (SSSR count). The maximum atomic E-state index is 13.5. The van der Waals surface area contributed by atoms with Gasteiger partial charge in [0, 0.05) is 12.8 Å². The molecule has 1 amide bonds. The van der Waals surface area contributed by atoms with E-state index >= 15 is 0 Å². The Kier molecular flexibility index (Phi) is 55.8. The van der Waals surface area contributed by atoms with Crippen molar-refractivity contribution in [2.24, 2.45) is 0 Å². The van der Waals surface area contributed by atoms with Gasteiger partial charge in [0.05, 0.1) is 33.8 Å². The standard InChI is InChI=1S/C68H125N2O7P/c1-7-10-13-16-19-22-25-27-29-31-32-33-34-35-36-37-38-39-41-43-46-49-52-55-58-61-68(72)77-66(59-56-53-50-47-44-24-21-18-15-12-9-3)65(64-76-78(73,74)75-63-62-70(4,5)6)69-67(71)60-57-54-51-48-45-42-40-30-28-26-23-20-17-14-11-8-2/h19,22,27,29-30,32-33,40,42,45,56,59,65-66H,7-18,20-21,23-26,28,31,34-39,41,43-44,46-55,57-58,60-64H2,1-6H3,(H-,69,71,73,74)/p+1/b22-19-,29-27-,33-32-,40-30+,45-42+,59-56-. The summed E-state index contributed by atoms with van der Waals surface area (Å²) in [6.45, 7) is 6.97. The summed E-state index contributed by atoms with van der Waals surface area (Å²) < 4.78 is 30.7. The van der Waals surface area contributed by atoms with Gasteiger partial charge in [-0.3, -0.25) is 18.6 Å². The van der Waals surface area contributed by atoms with Gasteiger partial charge in [0.1, 0.15) is 19.3 Å². The average Bonchev–Trinajstić information content (AvgIpc) is 3.41. The van der Waals surface area contributed by atoms with Crippen LogP contribution in [0, 0.1) is 0 Å². The molecule has 0 saturated carbocycles. The predicted octanol–water partition coefficient (Wildman–Crippen LogP) is 20.4. The van der Waals surface area contributed by atoms with Gasteiger partial charge in [0.25, 0.3) is 0 Å². The molecule has 0 radical (unpaired) electrons. The first-order valence-corrected chi connectivity index (χ1v) is 34.3. The fourth-order valence-corrected chi connectivity index (χ4v) is 10.0. The number of nitrogens with one attached hydrogen (secondary N) is 1. The Labute approximate surface area is 483 Å². The number of hydrogen-bond acceptors (Lipinski definition) is 6. The summed E-state index contributed by atoms with van der Waals surface area (Å²) in [7, 11) is 1.48. The summed E-state index contributed by atoms with van der Waals surface area (Å²) in [6.07, 6.45) is 74.8. The zero-order valence-corrected chi connectivity index (χ0v) is 52.8. The molecule has 0 bridgehead atoms. The van der Waals surface area contributed by atoms with Crippen molar-refractivity contribution in [2.75, 3.05) is 40.9 Å². The first-order chi connectivity index (χ1) is 37.9. The van der Waals surface area contributed by atoms with Crippen molar-refractivity contribution in [3.8, 4) is 0 Å². The Balaban J connectivity index is 5.12. The van der Waals surface area contributed by atoms with Crippen molar-refractivity contribution >= 4 is 19.7 Å². The van der Waals surface area contributed by atoms with Crippen LogP contribution in [0.1, 0.15) is 297 Å². The van der Waals surface area contributed by atoms with Crippen LogP contribution in [-0.2, 0) is 27.9 Å². The molecule has 454 valence electrons. The third kappa shape index (κ3) is 58.1. The second-order valence-electron chi connectivity index (χ2n) is 23.3. The molecule has 0 aliphatic carbocycles. The highest BCUT2D eigenvalue weighted by molar-refractivity contribution is 7.47. The zero-order valence-electron chi connectivity index (χ0n) is 51.9. The average molecular weight is 1110 g/mol. The molecule has 10 heteroatoms. The summed E-state index contributed by atoms with van der Waals surface area (Å²) in [5.41, 5.74) is 0. The van der Waals surface area contributed by atoms with Crippen LogP contribution in [0.25, 0.3) is 0 Å². The van der Waals surface area contributed by atoms with Gasteiger partial charge in [-0.1, -0.05) is 261 Å². The monoisotopic (exact) mass is 1110 g/mol. The number of phosphoric ester groups is 1. The van der Waals surface area contributed by atoms with Crippen molar-refractivity contribution in [1.82, 2.24) is 5.32 Å². The Bertz CT molecular complexity index is 1570. The van der Waals surface area contributed by atoms with E-state index in [0.29, 0.717) is 23.9 Å². The lowest BCUT2D eigenvalue weighted by atomic mass is 10.0. The molecule has 0 aliphatic rings. The first kappa shape index (κ1) is 75.5. The summed E-state index contributed by atoms with van der Waals surface area (Å²) in [4.78, 5) is 37.7. The molecule has 78 heavy (non-hydrogen) atoms. The number of carbonyl (C=O) groups is 2. The number of quaternary nitrogens is 1. The van der Waals surface area contributed by atoms with Gasteiger partial charge < -0.3 is 19.4 Å². The molecule has 0 heterocycles. The highest BCUT2D eigenvalue weighted by Gasteiger charge is 2.30. The molecular formula is C68H126N2O7P+. The number of hydrogen-bond donors (Lipinski definition) is 2. The van der Waals surface area contributed by atoms with E-state index in [1.165, 1.54) is 180 Å². The molecule has 0 aromatic heterocycles. The Morgan fingerprint density at radius 3 is 1.28 bits per heavy atom. The maximum absolute atomic E-state index is 13.5. The molecular weight excluding hydrogens is 988 g/mol. The molecule has 0 fully saturated rings. The Hall–Kier alpha value is -2.55. The van der Waals surface area contributed by atoms with Crippen molar-refractivity contribution in [3.05, 3.63) is 72.9 Å². The van der Waals surface area contributed by atoms with Gasteiger partial charge in [-0.25, -0.2) is 4.57 Å². The summed E-state index contributed by atoms with van der Waals surface area (Å²) in [6, 6.07) is -0.864. The number of rotatable bonds is 59. The minimum atomic E-state index is -4.46. The Morgan fingerprint density at radius 1 is 0.462 bits per heavy atom. The lowest BCUT2D eigenvalue weighted by molar-refractivity contribution is -0.870. The van der Waals surface area contributed by atoms with Crippen LogP contribution in [0.15, 0.2) is 72.9 Å². The van der Waals surface area contributed by atoms with Crippen LogP contribution in [0.3, 0.4) is 0 Å². The second kappa shape index (κ2) is 57.7. The van der Waals surface area contributed by atoms with Crippen molar-refractivity contribution in [1.29, 1.82) is 0 Å². The topological polar surface area (TPSA) is 111 Å². The molecule has 9 nitrogen and oxygen atoms in total. The first-order valence-electron chi connectivity index (χ1n) is 32.8. The minimum Gasteiger partial charge on any atom is -0.456 e. The van der Waals surface area contributed by atoms with Crippen LogP contribution >= 0.6 is 7.82 Å². The molecule has 0 spiro atoms. The van der Waals surface area contributed by atoms with Crippen LogP contribution in [-0.4, -0.2) is 74.3 Å². The molecule has 0 aromatic rings. The van der Waals surface area contributed by atoms with Crippen molar-refractivity contribution < 1.29 is 37.3 Å². The molecule has 0 saturated heterocycles. The number of ether oxygens (including phenoxy) is 1. The van der Waals surface area contributed by atoms with Crippen LogP contribution in [0.4, 0.5) is 0 Å². The van der Waals surface area contributed by atoms with Crippen LogP contribution in [0.5, 0.6) is 0 Å². The molecule has 0 aliphatic heterocycles. The van der Waals surface area contributed by atoms with E-state index in [1.807, 2.05) is 33.3 Å². The van der Waals surface area contributed by atoms with E-state index in [1.54, 1.807) is 0 Å². The number of nitrogens with zero attached hydrogens (tertiary/aromatic N) is 1. The largest absolute Gasteiger partial charge is 0.472 e. The Morgan fingerprint density at radius 2 is 0.821 bits per heavy atom. The predicted molar refractivity (Wildman–Crippen MR) is 337 cm³/mol. The van der Waals surface area contributed by atoms with E-state index in [0.717, 1.165) is 77.0 Å². The fourth-order valence-electron chi connectivity index (χ4n) is 9.29. The zero-order chi connectivity index (χ0) is 57.2. The van der Waals surface area contributed by atoms with E-state index in [-0.39, 0.29) is 31.5 Å². The van der Waals surface area contributed by atoms with Crippen LogP contribution < -0.4 is 5.32 Å². The summed E-state index contributed by atoms with van der Waals surface area (Å²) in [5.74, 6) is -0.534. The lowest BCUT2D eigenvalue weighted by Gasteiger charge is -2.27. The summed E-state index contributed by atoms with van der Waals surface area (Å²) >= 11 is 0. The summed E-state index contributed by atoms with van der Waals surface area (Å²) in [5, 5.41) is 3.04. The van der Waals surface area contributed by atoms with E-state index in [2.05, 4.69) is 86.8 Å². The number of carbonyl (C=O) groups excluding carboxylic acids is 2. The van der Waals surface area contributed by atoms with Gasteiger partial charge >= 0.3 is 13.8 Å². The number of unbranched alkanes of at least 4 members (excludes halogenated alkanes) is 34. The number of likely N-dealkylation sites (N-methyl/N-ethyl adjacent to an activating group) is 1. The van der Waals surface area contributed by atoms with Gasteiger partial charge in [0.2, 0.25) is 5.91 Å². The number of esters is 1. The number of phosphoric acid groups is 1. The molecule has 3 atom stereocenters. The second-order valence-corrected chi connectivity index (χ2v) is 24.8. The molecule has 2 N–H and O–H groups in total. The molecule has 3 unspecified atom stereocenters. The van der Waals surface area contributed by atoms with Gasteiger partial charge in [-0.05, 0) is 96.0 Å². The van der Waals surface area contributed by atoms with Crippen molar-refractivity contribution in [3.63, 3.8) is 0 Å². The van der Waals surface area contributed by atoms with E-state index in [9.17, 15) is 19.0 Å². The van der Waals surface area contributed by atoms with Gasteiger partial charge in [-0.2, -0.15) is 0 Å².